The van der Waals surface area contributed by atoms with Gasteiger partial charge in [0.25, 0.3) is 11.7 Å². The maximum atomic E-state index is 12.7. The predicted molar refractivity (Wildman–Crippen MR) is 146 cm³/mol. The van der Waals surface area contributed by atoms with Gasteiger partial charge in [-0.05, 0) is 48.5 Å². The number of hydrogen-bond acceptors (Lipinski definition) is 11. The van der Waals surface area contributed by atoms with Crippen molar-refractivity contribution < 1.29 is 39.2 Å². The Bertz CT molecular complexity index is 1070. The number of ether oxygens (including phenoxy) is 2. The first-order chi connectivity index (χ1) is 18.6. The molecule has 1 aromatic rings. The second kappa shape index (κ2) is 14.4. The van der Waals surface area contributed by atoms with E-state index in [1.54, 1.807) is 17.8 Å². The van der Waals surface area contributed by atoms with E-state index in [-0.39, 0.29) is 6.61 Å². The minimum atomic E-state index is -2.31. The highest BCUT2D eigenvalue weighted by Crippen LogP contribution is 2.35. The summed E-state index contributed by atoms with van der Waals surface area (Å²) >= 11 is 2.95. The quantitative estimate of drug-likeness (QED) is 0.165. The number of fused-ring (bicyclic) bond motifs is 1. The largest absolute Gasteiger partial charge is 0.391 e. The molecular formula is C25H35N3O9S2. The van der Waals surface area contributed by atoms with Crippen LogP contribution in [0.2, 0.25) is 0 Å². The Hall–Kier alpha value is -2.20. The van der Waals surface area contributed by atoms with Crippen LogP contribution < -0.4 is 10.6 Å². The molecule has 39 heavy (non-hydrogen) atoms. The summed E-state index contributed by atoms with van der Waals surface area (Å²) in [5.41, 5.74) is 1.06. The summed E-state index contributed by atoms with van der Waals surface area (Å²) in [5, 5.41) is 40.1. The average Bonchev–Trinajstić information content (AvgIpc) is 3.36. The fourth-order valence-electron chi connectivity index (χ4n) is 4.51. The van der Waals surface area contributed by atoms with Crippen molar-refractivity contribution >= 4 is 46.9 Å². The Morgan fingerprint density at radius 2 is 2.13 bits per heavy atom. The lowest BCUT2D eigenvalue weighted by molar-refractivity contribution is -0.301. The first-order valence-electron chi connectivity index (χ1n) is 12.8. The third-order valence-electron chi connectivity index (χ3n) is 6.44. The first kappa shape index (κ1) is 31.3. The molecule has 1 aliphatic carbocycles. The van der Waals surface area contributed by atoms with Gasteiger partial charge in [0.2, 0.25) is 5.91 Å². The number of hydrogen-bond donors (Lipinski definition) is 5. The number of aliphatic hydroxyl groups is 3. The third-order valence-corrected chi connectivity index (χ3v) is 8.57. The van der Waals surface area contributed by atoms with Gasteiger partial charge in [-0.15, -0.1) is 16.2 Å². The number of allylic oxidation sites excluding steroid dienone is 1. The van der Waals surface area contributed by atoms with Gasteiger partial charge in [0.05, 0.1) is 29.7 Å². The van der Waals surface area contributed by atoms with Crippen molar-refractivity contribution in [1.29, 1.82) is 0 Å². The highest BCUT2D eigenvalue weighted by Gasteiger charge is 2.56. The molecule has 14 heteroatoms. The van der Waals surface area contributed by atoms with E-state index in [1.165, 1.54) is 18.3 Å². The molecule has 1 fully saturated rings. The molecule has 2 heterocycles. The topological polar surface area (TPSA) is 184 Å². The van der Waals surface area contributed by atoms with Gasteiger partial charge in [-0.2, -0.15) is 11.8 Å². The molecule has 0 spiro atoms. The van der Waals surface area contributed by atoms with Crippen molar-refractivity contribution in [3.8, 4) is 0 Å². The summed E-state index contributed by atoms with van der Waals surface area (Å²) in [4.78, 5) is 49.7. The summed E-state index contributed by atoms with van der Waals surface area (Å²) < 4.78 is 11.4. The van der Waals surface area contributed by atoms with Crippen LogP contribution in [0.15, 0.2) is 17.3 Å². The SMILES string of the molecule is CCSCCCOC1(C(=O)N=O)CC(O)C(NC(C)=O)C(C(O)C(O)CNC(=O)c2cc3c(s2)C=CCC3)O1. The van der Waals surface area contributed by atoms with E-state index in [0.717, 1.165) is 29.0 Å². The number of rotatable bonds is 13. The normalized spacial score (nSPS) is 25.8. The maximum Gasteiger partial charge on any atom is 0.345 e. The van der Waals surface area contributed by atoms with Gasteiger partial charge < -0.3 is 35.4 Å². The van der Waals surface area contributed by atoms with Crippen LogP contribution in [0.1, 0.15) is 53.2 Å². The lowest BCUT2D eigenvalue weighted by Gasteiger charge is -2.46. The van der Waals surface area contributed by atoms with Gasteiger partial charge in [-0.1, -0.05) is 13.0 Å². The molecule has 3 rings (SSSR count). The zero-order valence-electron chi connectivity index (χ0n) is 21.8. The lowest BCUT2D eigenvalue weighted by Crippen LogP contribution is -2.68. The van der Waals surface area contributed by atoms with Crippen molar-refractivity contribution in [2.24, 2.45) is 5.18 Å². The molecule has 0 aromatic carbocycles. The van der Waals surface area contributed by atoms with Crippen LogP contribution in [-0.4, -0.2) is 93.9 Å². The minimum Gasteiger partial charge on any atom is -0.391 e. The number of nitrogens with one attached hydrogen (secondary N) is 2. The summed E-state index contributed by atoms with van der Waals surface area (Å²) in [5.74, 6) is -3.09. The molecule has 2 aliphatic rings. The van der Waals surface area contributed by atoms with E-state index in [9.17, 15) is 34.6 Å². The van der Waals surface area contributed by atoms with Gasteiger partial charge in [0, 0.05) is 29.9 Å². The Labute approximate surface area is 234 Å². The summed E-state index contributed by atoms with van der Waals surface area (Å²) in [7, 11) is 0. The molecule has 12 nitrogen and oxygen atoms in total. The van der Waals surface area contributed by atoms with E-state index in [0.29, 0.717) is 17.1 Å². The van der Waals surface area contributed by atoms with Crippen LogP contribution >= 0.6 is 23.1 Å². The third kappa shape index (κ3) is 7.93. The molecule has 6 unspecified atom stereocenters. The molecule has 216 valence electrons. The van der Waals surface area contributed by atoms with Gasteiger partial charge in [0.15, 0.2) is 0 Å². The second-order valence-electron chi connectivity index (χ2n) is 9.34. The minimum absolute atomic E-state index is 0.00676. The number of carbonyl (C=O) groups excluding carboxylic acids is 3. The lowest BCUT2D eigenvalue weighted by atomic mass is 9.88. The average molecular weight is 586 g/mol. The van der Waals surface area contributed by atoms with Crippen molar-refractivity contribution in [2.45, 2.75) is 75.8 Å². The fourth-order valence-corrected chi connectivity index (χ4v) is 6.18. The van der Waals surface area contributed by atoms with Crippen molar-refractivity contribution in [2.75, 3.05) is 24.7 Å². The molecule has 0 radical (unpaired) electrons. The molecule has 0 bridgehead atoms. The van der Waals surface area contributed by atoms with Crippen LogP contribution in [-0.2, 0) is 25.5 Å². The summed E-state index contributed by atoms with van der Waals surface area (Å²) in [6.45, 7) is 2.77. The Morgan fingerprint density at radius 3 is 2.79 bits per heavy atom. The van der Waals surface area contributed by atoms with Crippen molar-refractivity contribution in [3.63, 3.8) is 0 Å². The monoisotopic (exact) mass is 585 g/mol. The number of carbonyl (C=O) groups is 3. The van der Waals surface area contributed by atoms with Crippen LogP contribution in [0.4, 0.5) is 0 Å². The number of amides is 3. The van der Waals surface area contributed by atoms with Gasteiger partial charge in [-0.25, -0.2) is 0 Å². The molecular weight excluding hydrogens is 550 g/mol. The fraction of sp³-hybridized carbons (Fsp3) is 0.640. The van der Waals surface area contributed by atoms with E-state index < -0.39 is 66.9 Å². The van der Waals surface area contributed by atoms with Gasteiger partial charge >= 0.3 is 5.91 Å². The predicted octanol–water partition coefficient (Wildman–Crippen LogP) is 0.963. The number of aliphatic hydroxyl groups excluding tert-OH is 3. The first-order valence-corrected chi connectivity index (χ1v) is 14.7. The number of nitrogens with zero attached hydrogens (tertiary/aromatic N) is 1. The van der Waals surface area contributed by atoms with Gasteiger partial charge in [0.1, 0.15) is 12.2 Å². The molecule has 0 saturated carbocycles. The molecule has 6 atom stereocenters. The maximum absolute atomic E-state index is 12.7. The molecule has 5 N–H and O–H groups in total. The summed E-state index contributed by atoms with van der Waals surface area (Å²) in [6.07, 6.45) is -0.834. The van der Waals surface area contributed by atoms with E-state index >= 15 is 0 Å². The molecule has 3 amide bonds. The highest BCUT2D eigenvalue weighted by atomic mass is 32.2. The number of aryl methyl sites for hydroxylation is 1. The van der Waals surface area contributed by atoms with Gasteiger partial charge in [-0.3, -0.25) is 14.4 Å². The molecule has 1 aromatic heterocycles. The highest BCUT2D eigenvalue weighted by molar-refractivity contribution is 7.99. The standard InChI is InChI=1S/C25H35N3O9S2/c1-3-38-10-6-9-36-25(24(34)28-35)12-16(30)20(27-14(2)29)22(37-25)21(32)17(31)13-26-23(33)19-11-15-7-4-5-8-18(15)39-19/h5,8,11,16-17,20-22,30-32H,3-4,6-7,9-10,12-13H2,1-2H3,(H,26,33)(H,27,29). The number of thiophene rings is 1. The van der Waals surface area contributed by atoms with Crippen LogP contribution in [0.3, 0.4) is 0 Å². The van der Waals surface area contributed by atoms with E-state index in [1.807, 2.05) is 19.1 Å². The van der Waals surface area contributed by atoms with Crippen LogP contribution in [0.25, 0.3) is 6.08 Å². The van der Waals surface area contributed by atoms with Crippen molar-refractivity contribution in [3.05, 3.63) is 32.4 Å². The molecule has 1 saturated heterocycles. The van der Waals surface area contributed by atoms with E-state index in [4.69, 9.17) is 9.47 Å². The van der Waals surface area contributed by atoms with E-state index in [2.05, 4.69) is 15.8 Å². The second-order valence-corrected chi connectivity index (χ2v) is 11.8. The molecule has 1 aliphatic heterocycles. The number of thioether (sulfide) groups is 1. The zero-order valence-corrected chi connectivity index (χ0v) is 23.5. The Morgan fingerprint density at radius 1 is 1.36 bits per heavy atom. The smallest absolute Gasteiger partial charge is 0.345 e. The van der Waals surface area contributed by atoms with Crippen molar-refractivity contribution in [1.82, 2.24) is 10.6 Å². The zero-order chi connectivity index (χ0) is 28.6. The Kier molecular flexibility index (Phi) is 11.6. The number of nitroso groups, excluding NO2 is 1. The van der Waals surface area contributed by atoms with Crippen LogP contribution in [0.5, 0.6) is 0 Å². The summed E-state index contributed by atoms with van der Waals surface area (Å²) in [6, 6.07) is 0.531. The van der Waals surface area contributed by atoms with Crippen LogP contribution in [0, 0.1) is 4.91 Å². The Balaban J connectivity index is 1.73.